The summed E-state index contributed by atoms with van der Waals surface area (Å²) in [4.78, 5) is 21.7. The third-order valence-electron chi connectivity index (χ3n) is 5.09. The number of aromatic nitrogens is 1. The Hall–Kier alpha value is -3.52. The second-order valence-corrected chi connectivity index (χ2v) is 9.14. The first-order valence-electron chi connectivity index (χ1n) is 9.66. The highest BCUT2D eigenvalue weighted by Crippen LogP contribution is 2.35. The Morgan fingerprint density at radius 1 is 0.968 bits per heavy atom. The van der Waals surface area contributed by atoms with Crippen molar-refractivity contribution in [3.8, 4) is 5.75 Å². The Morgan fingerprint density at radius 2 is 1.65 bits per heavy atom. The van der Waals surface area contributed by atoms with Crippen LogP contribution in [-0.4, -0.2) is 31.3 Å². The first-order valence-corrected chi connectivity index (χ1v) is 11.1. The van der Waals surface area contributed by atoms with Crippen molar-refractivity contribution in [1.29, 1.82) is 0 Å². The number of aryl methyl sites for hydroxylation is 1. The summed E-state index contributed by atoms with van der Waals surface area (Å²) in [6.07, 6.45) is 0. The highest BCUT2D eigenvalue weighted by atomic mass is 32.2. The summed E-state index contributed by atoms with van der Waals surface area (Å²) in [6, 6.07) is 17.1. The molecule has 31 heavy (non-hydrogen) atoms. The molecule has 0 saturated carbocycles. The number of rotatable bonds is 4. The average molecular weight is 436 g/mol. The minimum Gasteiger partial charge on any atom is -0.497 e. The molecule has 1 N–H and O–H groups in total. The van der Waals surface area contributed by atoms with E-state index >= 15 is 0 Å². The number of nitrogens with zero attached hydrogens (tertiary/aromatic N) is 2. The number of fused-ring (bicyclic) bond motifs is 1. The van der Waals surface area contributed by atoms with E-state index in [0.29, 0.717) is 17.2 Å². The molecule has 0 aliphatic carbocycles. The Morgan fingerprint density at radius 3 is 2.29 bits per heavy atom. The maximum Gasteiger partial charge on any atom is 0.227 e. The van der Waals surface area contributed by atoms with Crippen LogP contribution in [0.5, 0.6) is 5.75 Å². The van der Waals surface area contributed by atoms with Crippen molar-refractivity contribution >= 4 is 37.9 Å². The maximum absolute atomic E-state index is 13.0. The number of pyridine rings is 1. The van der Waals surface area contributed by atoms with Crippen LogP contribution < -0.4 is 10.1 Å². The lowest BCUT2D eigenvalue weighted by atomic mass is 9.98. The zero-order valence-electron chi connectivity index (χ0n) is 17.3. The molecule has 0 fully saturated rings. The monoisotopic (exact) mass is 435 g/mol. The second-order valence-electron chi connectivity index (χ2n) is 7.27. The minimum atomic E-state index is -4.02. The van der Waals surface area contributed by atoms with Gasteiger partial charge in [0.15, 0.2) is 0 Å². The molecule has 1 atom stereocenters. The zero-order valence-corrected chi connectivity index (χ0v) is 18.1. The molecule has 1 aliphatic heterocycles. The van der Waals surface area contributed by atoms with E-state index in [-0.39, 0.29) is 4.90 Å². The summed E-state index contributed by atoms with van der Waals surface area (Å²) in [6.45, 7) is 3.51. The van der Waals surface area contributed by atoms with Gasteiger partial charge in [-0.15, -0.1) is 0 Å². The minimum absolute atomic E-state index is 0.0478. The number of benzene rings is 2. The largest absolute Gasteiger partial charge is 0.497 e. The van der Waals surface area contributed by atoms with Gasteiger partial charge in [0, 0.05) is 5.69 Å². The molecule has 0 radical (unpaired) electrons. The molecule has 3 aromatic rings. The van der Waals surface area contributed by atoms with Crippen molar-refractivity contribution in [3.05, 3.63) is 71.9 Å². The molecule has 0 spiro atoms. The SMILES string of the molecule is COc1ccc(Nc2ccc3c(n2)C(C)C(=O)C(S(=O)(=O)c2ccc(C)cc2)=N3)cc1. The predicted molar refractivity (Wildman–Crippen MR) is 119 cm³/mol. The quantitative estimate of drug-likeness (QED) is 0.655. The van der Waals surface area contributed by atoms with E-state index in [1.54, 1.807) is 38.3 Å². The third-order valence-corrected chi connectivity index (χ3v) is 6.78. The van der Waals surface area contributed by atoms with E-state index in [4.69, 9.17) is 4.74 Å². The lowest BCUT2D eigenvalue weighted by molar-refractivity contribution is -0.113. The number of hydrogen-bond acceptors (Lipinski definition) is 7. The first-order chi connectivity index (χ1) is 14.8. The maximum atomic E-state index is 13.0. The Bertz CT molecular complexity index is 1280. The number of sulfone groups is 1. The topological polar surface area (TPSA) is 97.7 Å². The van der Waals surface area contributed by atoms with Crippen LogP contribution >= 0.6 is 0 Å². The van der Waals surface area contributed by atoms with Crippen LogP contribution in [0.1, 0.15) is 24.1 Å². The fourth-order valence-corrected chi connectivity index (χ4v) is 4.65. The van der Waals surface area contributed by atoms with Crippen LogP contribution in [-0.2, 0) is 14.6 Å². The number of Topliss-reactive ketones (excluding diaryl/α,β-unsaturated/α-hetero) is 1. The number of carbonyl (C=O) groups excluding carboxylic acids is 1. The van der Waals surface area contributed by atoms with Gasteiger partial charge in [0.1, 0.15) is 11.6 Å². The molecule has 1 aliphatic rings. The van der Waals surface area contributed by atoms with Gasteiger partial charge in [0.05, 0.1) is 29.3 Å². The zero-order chi connectivity index (χ0) is 22.2. The summed E-state index contributed by atoms with van der Waals surface area (Å²) >= 11 is 0. The summed E-state index contributed by atoms with van der Waals surface area (Å²) < 4.78 is 31.2. The van der Waals surface area contributed by atoms with Crippen molar-refractivity contribution in [3.63, 3.8) is 0 Å². The molecule has 4 rings (SSSR count). The van der Waals surface area contributed by atoms with Gasteiger partial charge >= 0.3 is 0 Å². The predicted octanol–water partition coefficient (Wildman–Crippen LogP) is 4.33. The van der Waals surface area contributed by atoms with Gasteiger partial charge in [-0.1, -0.05) is 17.7 Å². The lowest BCUT2D eigenvalue weighted by Crippen LogP contribution is -2.31. The fourth-order valence-electron chi connectivity index (χ4n) is 3.27. The molecule has 1 unspecified atom stereocenters. The number of aliphatic imine (C=N–C) groups is 1. The van der Waals surface area contributed by atoms with Gasteiger partial charge in [0.25, 0.3) is 0 Å². The van der Waals surface area contributed by atoms with Crippen LogP contribution in [0.4, 0.5) is 17.2 Å². The van der Waals surface area contributed by atoms with Crippen molar-refractivity contribution < 1.29 is 17.9 Å². The summed E-state index contributed by atoms with van der Waals surface area (Å²) in [5, 5.41) is 2.72. The van der Waals surface area contributed by atoms with Gasteiger partial charge < -0.3 is 10.1 Å². The number of carbonyl (C=O) groups is 1. The average Bonchev–Trinajstić information content (AvgIpc) is 2.77. The summed E-state index contributed by atoms with van der Waals surface area (Å²) in [5.74, 6) is -0.0362. The molecule has 7 nitrogen and oxygen atoms in total. The summed E-state index contributed by atoms with van der Waals surface area (Å²) in [7, 11) is -2.43. The van der Waals surface area contributed by atoms with Crippen molar-refractivity contribution in [1.82, 2.24) is 4.98 Å². The smallest absolute Gasteiger partial charge is 0.227 e. The molecular weight excluding hydrogens is 414 g/mol. The van der Waals surface area contributed by atoms with Gasteiger partial charge in [-0.2, -0.15) is 0 Å². The Labute approximate surface area is 180 Å². The molecule has 2 heterocycles. The van der Waals surface area contributed by atoms with Gasteiger partial charge in [-0.05, 0) is 62.4 Å². The van der Waals surface area contributed by atoms with E-state index in [2.05, 4.69) is 15.3 Å². The second kappa shape index (κ2) is 7.96. The number of ketones is 1. The number of hydrogen-bond donors (Lipinski definition) is 1. The van der Waals surface area contributed by atoms with E-state index in [9.17, 15) is 13.2 Å². The van der Waals surface area contributed by atoms with Crippen LogP contribution in [0.25, 0.3) is 0 Å². The van der Waals surface area contributed by atoms with Crippen LogP contribution in [0.3, 0.4) is 0 Å². The van der Waals surface area contributed by atoms with E-state index in [1.807, 2.05) is 31.2 Å². The van der Waals surface area contributed by atoms with Crippen LogP contribution in [0, 0.1) is 6.92 Å². The molecule has 2 aromatic carbocycles. The van der Waals surface area contributed by atoms with E-state index < -0.39 is 26.6 Å². The molecule has 8 heteroatoms. The lowest BCUT2D eigenvalue weighted by Gasteiger charge is -2.20. The molecule has 1 aromatic heterocycles. The highest BCUT2D eigenvalue weighted by Gasteiger charge is 2.37. The fraction of sp³-hybridized carbons (Fsp3) is 0.174. The van der Waals surface area contributed by atoms with Gasteiger partial charge in [-0.3, -0.25) is 4.79 Å². The van der Waals surface area contributed by atoms with Crippen LogP contribution in [0.15, 0.2) is 70.6 Å². The summed E-state index contributed by atoms with van der Waals surface area (Å²) in [5.41, 5.74) is 2.54. The molecular formula is C23H21N3O4S. The van der Waals surface area contributed by atoms with Crippen LogP contribution in [0.2, 0.25) is 0 Å². The van der Waals surface area contributed by atoms with E-state index in [1.165, 1.54) is 12.1 Å². The number of ether oxygens (including phenoxy) is 1. The molecule has 0 amide bonds. The normalized spacial score (nSPS) is 15.8. The van der Waals surface area contributed by atoms with Crippen molar-refractivity contribution in [2.24, 2.45) is 4.99 Å². The molecule has 0 saturated heterocycles. The van der Waals surface area contributed by atoms with Gasteiger partial charge in [0.2, 0.25) is 20.7 Å². The third kappa shape index (κ3) is 3.94. The number of anilines is 2. The van der Waals surface area contributed by atoms with E-state index in [0.717, 1.165) is 17.0 Å². The first kappa shape index (κ1) is 20.7. The Kier molecular flexibility index (Phi) is 5.32. The Balaban J connectivity index is 1.68. The molecule has 158 valence electrons. The highest BCUT2D eigenvalue weighted by molar-refractivity contribution is 8.08. The number of nitrogens with one attached hydrogen (secondary N) is 1. The van der Waals surface area contributed by atoms with Gasteiger partial charge in [-0.25, -0.2) is 18.4 Å². The van der Waals surface area contributed by atoms with Crippen molar-refractivity contribution in [2.75, 3.05) is 12.4 Å². The number of methoxy groups -OCH3 is 1. The van der Waals surface area contributed by atoms with Crippen molar-refractivity contribution in [2.45, 2.75) is 24.7 Å². The molecule has 0 bridgehead atoms. The standard InChI is InChI=1S/C23H21N3O4S/c1-14-4-10-18(11-5-14)31(28,29)23-22(27)15(2)21-19(25-23)12-13-20(26-21)24-16-6-8-17(30-3)9-7-16/h4-13,15H,1-3H3,(H,24,26).